The van der Waals surface area contributed by atoms with Crippen molar-refractivity contribution in [2.45, 2.75) is 25.7 Å². The number of amides is 1. The van der Waals surface area contributed by atoms with Crippen molar-refractivity contribution in [2.24, 2.45) is 5.92 Å². The van der Waals surface area contributed by atoms with Crippen LogP contribution in [0.15, 0.2) is 21.5 Å². The van der Waals surface area contributed by atoms with Crippen molar-refractivity contribution in [3.05, 3.63) is 32.7 Å². The Morgan fingerprint density at radius 1 is 1.48 bits per heavy atom. The molecule has 21 heavy (non-hydrogen) atoms. The number of aliphatic carboxylic acids is 1. The van der Waals surface area contributed by atoms with Crippen molar-refractivity contribution in [3.63, 3.8) is 0 Å². The van der Waals surface area contributed by atoms with E-state index >= 15 is 0 Å². The molecule has 1 amide bonds. The van der Waals surface area contributed by atoms with Gasteiger partial charge in [-0.2, -0.15) is 0 Å². The van der Waals surface area contributed by atoms with E-state index in [0.29, 0.717) is 29.5 Å². The molecule has 2 heterocycles. The molecular formula is C14H17BrN2O4. The van der Waals surface area contributed by atoms with E-state index in [1.54, 1.807) is 4.90 Å². The van der Waals surface area contributed by atoms with Gasteiger partial charge in [0.15, 0.2) is 0 Å². The highest BCUT2D eigenvalue weighted by molar-refractivity contribution is 9.10. The van der Waals surface area contributed by atoms with Crippen molar-refractivity contribution < 1.29 is 14.7 Å². The molecule has 114 valence electrons. The summed E-state index contributed by atoms with van der Waals surface area (Å²) in [6.45, 7) is 1.24. The quantitative estimate of drug-likeness (QED) is 0.861. The number of rotatable bonds is 4. The highest BCUT2D eigenvalue weighted by atomic mass is 79.9. The highest BCUT2D eigenvalue weighted by Gasteiger charge is 2.25. The van der Waals surface area contributed by atoms with Crippen LogP contribution >= 0.6 is 15.9 Å². The number of hydrogen-bond acceptors (Lipinski definition) is 3. The molecule has 0 radical (unpaired) electrons. The Bertz CT molecular complexity index is 599. The van der Waals surface area contributed by atoms with Gasteiger partial charge in [-0.15, -0.1) is 0 Å². The van der Waals surface area contributed by atoms with Crippen LogP contribution in [0.1, 0.15) is 36.0 Å². The molecule has 0 saturated carbocycles. The summed E-state index contributed by atoms with van der Waals surface area (Å²) < 4.78 is 0.327. The van der Waals surface area contributed by atoms with Crippen LogP contribution in [-0.4, -0.2) is 40.0 Å². The molecule has 0 aromatic carbocycles. The molecule has 1 fully saturated rings. The highest BCUT2D eigenvalue weighted by Crippen LogP contribution is 2.22. The van der Waals surface area contributed by atoms with Crippen LogP contribution in [0.25, 0.3) is 0 Å². The standard InChI is InChI=1S/C14H17BrN2O4/c15-11-6-10(7-16-13(11)20)14(21)17-5-1-2-9(8-17)3-4-12(18)19/h6-7,9H,1-5,8H2,(H,16,20)(H,18,19)/t9-/m1/s1. The number of nitrogens with zero attached hydrogens (tertiary/aromatic N) is 1. The molecule has 1 aromatic heterocycles. The normalized spacial score (nSPS) is 18.5. The van der Waals surface area contributed by atoms with Gasteiger partial charge in [0.25, 0.3) is 11.5 Å². The number of carbonyl (C=O) groups excluding carboxylic acids is 1. The van der Waals surface area contributed by atoms with Gasteiger partial charge in [-0.05, 0) is 47.2 Å². The molecule has 2 rings (SSSR count). The zero-order valence-electron chi connectivity index (χ0n) is 11.5. The fourth-order valence-corrected chi connectivity index (χ4v) is 2.94. The number of hydrogen-bond donors (Lipinski definition) is 2. The monoisotopic (exact) mass is 356 g/mol. The molecule has 1 aromatic rings. The first kappa shape index (κ1) is 15.8. The average molecular weight is 357 g/mol. The van der Waals surface area contributed by atoms with E-state index in [1.165, 1.54) is 12.3 Å². The predicted octanol–water partition coefficient (Wildman–Crippen LogP) is 1.85. The molecule has 6 nitrogen and oxygen atoms in total. The number of likely N-dealkylation sites (tertiary alicyclic amines) is 1. The molecule has 1 aliphatic rings. The van der Waals surface area contributed by atoms with Gasteiger partial charge >= 0.3 is 5.97 Å². The van der Waals surface area contributed by atoms with Crippen LogP contribution in [0.5, 0.6) is 0 Å². The Hall–Kier alpha value is -1.63. The third-order valence-corrected chi connectivity index (χ3v) is 4.27. The number of piperidine rings is 1. The van der Waals surface area contributed by atoms with E-state index in [2.05, 4.69) is 20.9 Å². The van der Waals surface area contributed by atoms with Gasteiger partial charge in [-0.3, -0.25) is 14.4 Å². The summed E-state index contributed by atoms with van der Waals surface area (Å²) in [6.07, 6.45) is 3.97. The van der Waals surface area contributed by atoms with Gasteiger partial charge in [-0.25, -0.2) is 0 Å². The number of aromatic amines is 1. The Balaban J connectivity index is 2.02. The van der Waals surface area contributed by atoms with Crippen LogP contribution in [0, 0.1) is 5.92 Å². The van der Waals surface area contributed by atoms with E-state index in [1.807, 2.05) is 0 Å². The number of carboxylic acids is 1. The third kappa shape index (κ3) is 4.17. The maximum atomic E-state index is 12.4. The Kier molecular flexibility index (Phi) is 5.17. The van der Waals surface area contributed by atoms with Crippen LogP contribution in [0.2, 0.25) is 0 Å². The summed E-state index contributed by atoms with van der Waals surface area (Å²) in [5.41, 5.74) is 0.157. The SMILES string of the molecule is O=C(O)CC[C@H]1CCCN(C(=O)c2c[nH]c(=O)c(Br)c2)C1. The fourth-order valence-electron chi connectivity index (χ4n) is 2.57. The van der Waals surface area contributed by atoms with Crippen LogP contribution < -0.4 is 5.56 Å². The van der Waals surface area contributed by atoms with Gasteiger partial charge in [0.05, 0.1) is 10.0 Å². The molecule has 0 spiro atoms. The predicted molar refractivity (Wildman–Crippen MR) is 80.3 cm³/mol. The van der Waals surface area contributed by atoms with Gasteiger partial charge < -0.3 is 15.0 Å². The average Bonchev–Trinajstić information content (AvgIpc) is 2.47. The maximum Gasteiger partial charge on any atom is 0.303 e. The molecule has 2 N–H and O–H groups in total. The Morgan fingerprint density at radius 2 is 2.24 bits per heavy atom. The van der Waals surface area contributed by atoms with Crippen LogP contribution in [-0.2, 0) is 4.79 Å². The van der Waals surface area contributed by atoms with Crippen molar-refractivity contribution in [1.29, 1.82) is 0 Å². The lowest BCUT2D eigenvalue weighted by Gasteiger charge is -2.32. The topological polar surface area (TPSA) is 90.5 Å². The number of nitrogens with one attached hydrogen (secondary N) is 1. The maximum absolute atomic E-state index is 12.4. The fraction of sp³-hybridized carbons (Fsp3) is 0.500. The Labute approximate surface area is 130 Å². The second-order valence-corrected chi connectivity index (χ2v) is 6.11. The minimum Gasteiger partial charge on any atom is -0.481 e. The third-order valence-electron chi connectivity index (χ3n) is 3.68. The van der Waals surface area contributed by atoms with Crippen molar-refractivity contribution >= 4 is 27.8 Å². The molecule has 0 bridgehead atoms. The van der Waals surface area contributed by atoms with E-state index in [9.17, 15) is 14.4 Å². The largest absolute Gasteiger partial charge is 0.481 e. The lowest BCUT2D eigenvalue weighted by molar-refractivity contribution is -0.137. The molecule has 0 unspecified atom stereocenters. The lowest BCUT2D eigenvalue weighted by Crippen LogP contribution is -2.40. The van der Waals surface area contributed by atoms with Crippen LogP contribution in [0.3, 0.4) is 0 Å². The van der Waals surface area contributed by atoms with Crippen molar-refractivity contribution in [1.82, 2.24) is 9.88 Å². The van der Waals surface area contributed by atoms with E-state index in [4.69, 9.17) is 5.11 Å². The number of H-pyrrole nitrogens is 1. The molecule has 0 aliphatic carbocycles. The first-order chi connectivity index (χ1) is 9.97. The zero-order chi connectivity index (χ0) is 15.4. The van der Waals surface area contributed by atoms with Crippen molar-refractivity contribution in [2.75, 3.05) is 13.1 Å². The summed E-state index contributed by atoms with van der Waals surface area (Å²) in [5, 5.41) is 8.73. The van der Waals surface area contributed by atoms with Gasteiger partial charge in [0.1, 0.15) is 0 Å². The van der Waals surface area contributed by atoms with Gasteiger partial charge in [-0.1, -0.05) is 0 Å². The Morgan fingerprint density at radius 3 is 2.90 bits per heavy atom. The first-order valence-corrected chi connectivity index (χ1v) is 7.66. The number of carbonyl (C=O) groups is 2. The summed E-state index contributed by atoms with van der Waals surface area (Å²) in [5.74, 6) is -0.708. The van der Waals surface area contributed by atoms with E-state index in [0.717, 1.165) is 12.8 Å². The molecular weight excluding hydrogens is 340 g/mol. The molecule has 1 aliphatic heterocycles. The second-order valence-electron chi connectivity index (χ2n) is 5.26. The number of pyridine rings is 1. The lowest BCUT2D eigenvalue weighted by atomic mass is 9.93. The second kappa shape index (κ2) is 6.89. The van der Waals surface area contributed by atoms with Gasteiger partial charge in [0.2, 0.25) is 0 Å². The van der Waals surface area contributed by atoms with Gasteiger partial charge in [0, 0.05) is 25.7 Å². The van der Waals surface area contributed by atoms with Crippen LogP contribution in [0.4, 0.5) is 0 Å². The number of aromatic nitrogens is 1. The van der Waals surface area contributed by atoms with Crippen molar-refractivity contribution in [3.8, 4) is 0 Å². The van der Waals surface area contributed by atoms with E-state index in [-0.39, 0.29) is 23.8 Å². The molecule has 7 heteroatoms. The summed E-state index contributed by atoms with van der Waals surface area (Å²) in [6, 6.07) is 1.52. The summed E-state index contributed by atoms with van der Waals surface area (Å²) >= 11 is 3.11. The van der Waals surface area contributed by atoms with E-state index < -0.39 is 5.97 Å². The summed E-state index contributed by atoms with van der Waals surface area (Å²) in [7, 11) is 0. The summed E-state index contributed by atoms with van der Waals surface area (Å²) in [4.78, 5) is 38.6. The number of halogens is 1. The zero-order valence-corrected chi connectivity index (χ0v) is 13.1. The molecule has 1 saturated heterocycles. The first-order valence-electron chi connectivity index (χ1n) is 6.86. The minimum atomic E-state index is -0.803. The minimum absolute atomic E-state index is 0.132. The molecule has 1 atom stereocenters. The number of carboxylic acid groups (broad SMARTS) is 1. The smallest absolute Gasteiger partial charge is 0.303 e.